The molecule has 2 heterocycles. The summed E-state index contributed by atoms with van der Waals surface area (Å²) in [4.78, 5) is 8.80. The first-order valence-electron chi connectivity index (χ1n) is 10.2. The first-order valence-corrected chi connectivity index (χ1v) is 10.5. The standard InChI is InChI=1S/C24H23ClF3N3O/c1-23(2)15-30(20-7-9-21(10-8-20)32-24(26,27)28)16-31(23)14-18-11-12-29-13-22(18)17-3-5-19(25)6-4-17/h3-13H,14-16H2,1-2H3. The number of benzene rings is 2. The second-order valence-electron chi connectivity index (χ2n) is 8.43. The Morgan fingerprint density at radius 3 is 2.38 bits per heavy atom. The summed E-state index contributed by atoms with van der Waals surface area (Å²) in [7, 11) is 0. The van der Waals surface area contributed by atoms with E-state index in [9.17, 15) is 13.2 Å². The minimum absolute atomic E-state index is 0.137. The predicted octanol–water partition coefficient (Wildman–Crippen LogP) is 6.36. The van der Waals surface area contributed by atoms with Gasteiger partial charge in [-0.15, -0.1) is 13.2 Å². The SMILES string of the molecule is CC1(C)CN(c2ccc(OC(F)(F)F)cc2)CN1Cc1ccncc1-c1ccc(Cl)cc1. The van der Waals surface area contributed by atoms with Crippen LogP contribution in [0.3, 0.4) is 0 Å². The molecule has 0 atom stereocenters. The average Bonchev–Trinajstić information content (AvgIpc) is 3.03. The molecule has 0 bridgehead atoms. The largest absolute Gasteiger partial charge is 0.573 e. The van der Waals surface area contributed by atoms with E-state index < -0.39 is 6.36 Å². The average molecular weight is 462 g/mol. The summed E-state index contributed by atoms with van der Waals surface area (Å²) in [6.45, 7) is 6.43. The van der Waals surface area contributed by atoms with Crippen LogP contribution < -0.4 is 9.64 Å². The lowest BCUT2D eigenvalue weighted by Crippen LogP contribution is -2.39. The van der Waals surface area contributed by atoms with Crippen molar-refractivity contribution in [2.45, 2.75) is 32.3 Å². The molecule has 1 aromatic heterocycles. The zero-order chi connectivity index (χ0) is 22.9. The van der Waals surface area contributed by atoms with E-state index in [4.69, 9.17) is 11.6 Å². The Balaban J connectivity index is 1.52. The molecule has 4 rings (SSSR count). The molecule has 1 fully saturated rings. The van der Waals surface area contributed by atoms with Crippen LogP contribution in [0.25, 0.3) is 11.1 Å². The number of rotatable bonds is 5. The van der Waals surface area contributed by atoms with Crippen LogP contribution >= 0.6 is 11.6 Å². The maximum atomic E-state index is 12.4. The van der Waals surface area contributed by atoms with Crippen molar-refractivity contribution >= 4 is 17.3 Å². The molecule has 0 N–H and O–H groups in total. The lowest BCUT2D eigenvalue weighted by Gasteiger charge is -2.30. The molecule has 1 saturated heterocycles. The van der Waals surface area contributed by atoms with Crippen LogP contribution in [0.5, 0.6) is 5.75 Å². The second-order valence-corrected chi connectivity index (χ2v) is 8.87. The van der Waals surface area contributed by atoms with Gasteiger partial charge in [-0.25, -0.2) is 0 Å². The van der Waals surface area contributed by atoms with Gasteiger partial charge in [-0.3, -0.25) is 9.88 Å². The molecule has 8 heteroatoms. The minimum Gasteiger partial charge on any atom is -0.406 e. The molecule has 1 aliphatic rings. The van der Waals surface area contributed by atoms with E-state index in [-0.39, 0.29) is 11.3 Å². The molecular weight excluding hydrogens is 439 g/mol. The second kappa shape index (κ2) is 8.64. The van der Waals surface area contributed by atoms with E-state index in [1.165, 1.54) is 12.1 Å². The summed E-state index contributed by atoms with van der Waals surface area (Å²) in [6, 6.07) is 15.7. The summed E-state index contributed by atoms with van der Waals surface area (Å²) in [6.07, 6.45) is -1.05. The van der Waals surface area contributed by atoms with Crippen molar-refractivity contribution in [1.29, 1.82) is 0 Å². The molecule has 3 aromatic rings. The highest BCUT2D eigenvalue weighted by atomic mass is 35.5. The highest BCUT2D eigenvalue weighted by Gasteiger charge is 2.37. The highest BCUT2D eigenvalue weighted by molar-refractivity contribution is 6.30. The van der Waals surface area contributed by atoms with E-state index in [0.717, 1.165) is 28.9 Å². The van der Waals surface area contributed by atoms with Gasteiger partial charge in [0, 0.05) is 47.3 Å². The Morgan fingerprint density at radius 2 is 1.72 bits per heavy atom. The van der Waals surface area contributed by atoms with Gasteiger partial charge in [0.2, 0.25) is 0 Å². The number of ether oxygens (including phenoxy) is 1. The molecule has 0 spiro atoms. The molecule has 2 aromatic carbocycles. The molecule has 32 heavy (non-hydrogen) atoms. The van der Waals surface area contributed by atoms with Crippen molar-refractivity contribution in [3.63, 3.8) is 0 Å². The third-order valence-corrected chi connectivity index (χ3v) is 5.89. The third-order valence-electron chi connectivity index (χ3n) is 5.64. The summed E-state index contributed by atoms with van der Waals surface area (Å²) in [5.74, 6) is -0.221. The van der Waals surface area contributed by atoms with Crippen LogP contribution in [0.2, 0.25) is 5.02 Å². The Morgan fingerprint density at radius 1 is 1.03 bits per heavy atom. The van der Waals surface area contributed by atoms with E-state index in [0.29, 0.717) is 18.2 Å². The molecule has 1 aliphatic heterocycles. The third kappa shape index (κ3) is 5.16. The van der Waals surface area contributed by atoms with Gasteiger partial charge >= 0.3 is 6.36 Å². The number of aromatic nitrogens is 1. The minimum atomic E-state index is -4.69. The van der Waals surface area contributed by atoms with E-state index in [1.54, 1.807) is 18.3 Å². The van der Waals surface area contributed by atoms with Gasteiger partial charge in [-0.05, 0) is 67.4 Å². The summed E-state index contributed by atoms with van der Waals surface area (Å²) in [5, 5.41) is 0.683. The van der Waals surface area contributed by atoms with Crippen LogP contribution in [-0.2, 0) is 6.54 Å². The molecular formula is C24H23ClF3N3O. The summed E-state index contributed by atoms with van der Waals surface area (Å²) in [5.41, 5.74) is 3.95. The van der Waals surface area contributed by atoms with Gasteiger partial charge < -0.3 is 9.64 Å². The molecule has 4 nitrogen and oxygen atoms in total. The highest BCUT2D eigenvalue weighted by Crippen LogP contribution is 2.34. The number of nitrogens with zero attached hydrogens (tertiary/aromatic N) is 3. The number of hydrogen-bond acceptors (Lipinski definition) is 4. The monoisotopic (exact) mass is 461 g/mol. The van der Waals surface area contributed by atoms with Crippen molar-refractivity contribution in [2.24, 2.45) is 0 Å². The van der Waals surface area contributed by atoms with Crippen LogP contribution in [0.1, 0.15) is 19.4 Å². The number of halogens is 4. The lowest BCUT2D eigenvalue weighted by atomic mass is 9.99. The molecule has 0 radical (unpaired) electrons. The normalized spacial score (nSPS) is 16.4. The van der Waals surface area contributed by atoms with Crippen molar-refractivity contribution in [3.05, 3.63) is 77.6 Å². The fourth-order valence-corrected chi connectivity index (χ4v) is 4.09. The van der Waals surface area contributed by atoms with Gasteiger partial charge in [-0.2, -0.15) is 0 Å². The number of alkyl halides is 3. The van der Waals surface area contributed by atoms with Crippen LogP contribution in [0.15, 0.2) is 67.0 Å². The maximum absolute atomic E-state index is 12.4. The van der Waals surface area contributed by atoms with Gasteiger partial charge in [0.15, 0.2) is 0 Å². The fraction of sp³-hybridized carbons (Fsp3) is 0.292. The van der Waals surface area contributed by atoms with Crippen molar-refractivity contribution in [1.82, 2.24) is 9.88 Å². The van der Waals surface area contributed by atoms with Crippen LogP contribution in [0, 0.1) is 0 Å². The number of anilines is 1. The zero-order valence-electron chi connectivity index (χ0n) is 17.7. The van der Waals surface area contributed by atoms with Crippen molar-refractivity contribution in [3.8, 4) is 16.9 Å². The molecule has 0 aliphatic carbocycles. The van der Waals surface area contributed by atoms with Gasteiger partial charge in [-0.1, -0.05) is 23.7 Å². The summed E-state index contributed by atoms with van der Waals surface area (Å²) >= 11 is 6.04. The molecule has 0 saturated carbocycles. The van der Waals surface area contributed by atoms with Gasteiger partial charge in [0.1, 0.15) is 5.75 Å². The summed E-state index contributed by atoms with van der Waals surface area (Å²) < 4.78 is 41.3. The number of pyridine rings is 1. The topological polar surface area (TPSA) is 28.6 Å². The lowest BCUT2D eigenvalue weighted by molar-refractivity contribution is -0.274. The van der Waals surface area contributed by atoms with Crippen LogP contribution in [0.4, 0.5) is 18.9 Å². The molecule has 168 valence electrons. The molecule has 0 unspecified atom stereocenters. The Hall–Kier alpha value is -2.77. The van der Waals surface area contributed by atoms with E-state index in [2.05, 4.69) is 33.4 Å². The fourth-order valence-electron chi connectivity index (χ4n) is 3.97. The Bertz CT molecular complexity index is 1070. The van der Waals surface area contributed by atoms with Gasteiger partial charge in [0.25, 0.3) is 0 Å². The molecule has 0 amide bonds. The Labute approximate surface area is 190 Å². The van der Waals surface area contributed by atoms with Crippen LogP contribution in [-0.4, -0.2) is 35.0 Å². The van der Waals surface area contributed by atoms with E-state index >= 15 is 0 Å². The van der Waals surface area contributed by atoms with Crippen molar-refractivity contribution < 1.29 is 17.9 Å². The smallest absolute Gasteiger partial charge is 0.406 e. The zero-order valence-corrected chi connectivity index (χ0v) is 18.5. The predicted molar refractivity (Wildman–Crippen MR) is 120 cm³/mol. The number of hydrogen-bond donors (Lipinski definition) is 0. The van der Waals surface area contributed by atoms with Crippen molar-refractivity contribution in [2.75, 3.05) is 18.1 Å². The first kappa shape index (κ1) is 22.4. The quantitative estimate of drug-likeness (QED) is 0.442. The first-order chi connectivity index (χ1) is 15.1. The van der Waals surface area contributed by atoms with E-state index in [1.807, 2.05) is 36.5 Å². The van der Waals surface area contributed by atoms with Gasteiger partial charge in [0.05, 0.1) is 6.67 Å². The Kier molecular flexibility index (Phi) is 6.05. The maximum Gasteiger partial charge on any atom is 0.573 e.